The number of anilines is 1. The van der Waals surface area contributed by atoms with Crippen molar-refractivity contribution in [2.45, 2.75) is 50.7 Å². The summed E-state index contributed by atoms with van der Waals surface area (Å²) in [4.78, 5) is 17.4. The van der Waals surface area contributed by atoms with Crippen LogP contribution in [0.5, 0.6) is 0 Å². The smallest absolute Gasteiger partial charge is 0.320 e. The molecule has 0 saturated carbocycles. The molecule has 1 aliphatic heterocycles. The quantitative estimate of drug-likeness (QED) is 0.391. The molecule has 2 aromatic rings. The Hall–Kier alpha value is -2.58. The third-order valence-electron chi connectivity index (χ3n) is 6.82. The Labute approximate surface area is 213 Å². The van der Waals surface area contributed by atoms with Crippen LogP contribution in [0.1, 0.15) is 43.2 Å². The highest BCUT2D eigenvalue weighted by molar-refractivity contribution is 6.30. The van der Waals surface area contributed by atoms with E-state index in [1.54, 1.807) is 4.90 Å². The molecular formula is C27H30ClF4N3O. The topological polar surface area (TPSA) is 35.6 Å². The van der Waals surface area contributed by atoms with Crippen molar-refractivity contribution in [1.29, 1.82) is 0 Å². The Morgan fingerprint density at radius 2 is 1.92 bits per heavy atom. The van der Waals surface area contributed by atoms with Gasteiger partial charge >= 0.3 is 12.2 Å². The lowest BCUT2D eigenvalue weighted by Gasteiger charge is -2.35. The number of urea groups is 1. The van der Waals surface area contributed by atoms with E-state index in [-0.39, 0.29) is 17.8 Å². The number of alkyl halides is 3. The molecule has 2 aliphatic rings. The summed E-state index contributed by atoms with van der Waals surface area (Å²) in [5.41, 5.74) is 1.91. The van der Waals surface area contributed by atoms with Gasteiger partial charge in [-0.15, -0.1) is 0 Å². The van der Waals surface area contributed by atoms with Crippen molar-refractivity contribution in [1.82, 2.24) is 9.80 Å². The van der Waals surface area contributed by atoms with Crippen LogP contribution in [0, 0.1) is 5.82 Å². The Balaban J connectivity index is 1.48. The molecule has 1 aliphatic carbocycles. The molecule has 1 heterocycles. The summed E-state index contributed by atoms with van der Waals surface area (Å²) >= 11 is 6.14. The van der Waals surface area contributed by atoms with Crippen LogP contribution in [0.15, 0.2) is 48.5 Å². The number of likely N-dealkylation sites (tertiary alicyclic amines) is 1. The number of nitrogens with one attached hydrogen (secondary N) is 1. The highest BCUT2D eigenvalue weighted by Gasteiger charge is 2.30. The van der Waals surface area contributed by atoms with E-state index in [9.17, 15) is 22.4 Å². The predicted octanol–water partition coefficient (Wildman–Crippen LogP) is 7.15. The van der Waals surface area contributed by atoms with Crippen molar-refractivity contribution in [3.8, 4) is 0 Å². The molecule has 9 heteroatoms. The molecular weight excluding hydrogens is 494 g/mol. The minimum absolute atomic E-state index is 0.0503. The SMILES string of the molecule is O=C(Nc1ccc(F)c(CC(F)(F)F)c1)N(CCN1CCCC1)C1CC=C(c2cccc(Cl)c2)CC1. The maximum atomic E-state index is 13.9. The maximum absolute atomic E-state index is 13.9. The van der Waals surface area contributed by atoms with Crippen molar-refractivity contribution in [3.63, 3.8) is 0 Å². The Morgan fingerprint density at radius 1 is 1.14 bits per heavy atom. The first kappa shape index (κ1) is 26.5. The number of nitrogens with zero attached hydrogens (tertiary/aromatic N) is 2. The summed E-state index contributed by atoms with van der Waals surface area (Å²) < 4.78 is 52.4. The largest absolute Gasteiger partial charge is 0.393 e. The van der Waals surface area contributed by atoms with E-state index in [2.05, 4.69) is 16.3 Å². The van der Waals surface area contributed by atoms with Gasteiger partial charge in [0.25, 0.3) is 0 Å². The van der Waals surface area contributed by atoms with Crippen LogP contribution in [0.3, 0.4) is 0 Å². The lowest BCUT2D eigenvalue weighted by molar-refractivity contribution is -0.127. The lowest BCUT2D eigenvalue weighted by atomic mass is 9.90. The van der Waals surface area contributed by atoms with Crippen LogP contribution >= 0.6 is 11.6 Å². The molecule has 0 spiro atoms. The molecule has 1 atom stereocenters. The first-order valence-electron chi connectivity index (χ1n) is 12.3. The number of allylic oxidation sites excluding steroid dienone is 1. The number of amides is 2. The summed E-state index contributed by atoms with van der Waals surface area (Å²) in [6.45, 7) is 3.24. The fraction of sp³-hybridized carbons (Fsp3) is 0.444. The van der Waals surface area contributed by atoms with Gasteiger partial charge in [-0.05, 0) is 92.2 Å². The van der Waals surface area contributed by atoms with Crippen molar-refractivity contribution >= 4 is 28.9 Å². The van der Waals surface area contributed by atoms with E-state index in [4.69, 9.17) is 11.6 Å². The van der Waals surface area contributed by atoms with Crippen molar-refractivity contribution in [3.05, 3.63) is 70.5 Å². The standard InChI is InChI=1S/C27H30ClF4N3O/c28-22-5-3-4-20(16-22)19-6-9-24(10-7-19)35(15-14-34-12-1-2-13-34)26(36)33-23-8-11-25(29)21(17-23)18-27(30,31)32/h3-6,8,11,16-17,24H,1-2,7,9-10,12-15,18H2,(H,33,36). The number of hydrogen-bond acceptors (Lipinski definition) is 2. The van der Waals surface area contributed by atoms with Crippen LogP contribution in [0.4, 0.5) is 28.0 Å². The molecule has 1 N–H and O–H groups in total. The summed E-state index contributed by atoms with van der Waals surface area (Å²) in [6, 6.07) is 10.6. The first-order chi connectivity index (χ1) is 17.2. The van der Waals surface area contributed by atoms with Crippen molar-refractivity contribution in [2.75, 3.05) is 31.5 Å². The monoisotopic (exact) mass is 523 g/mol. The van der Waals surface area contributed by atoms with Gasteiger partial charge in [-0.25, -0.2) is 9.18 Å². The number of carbonyl (C=O) groups is 1. The van der Waals surface area contributed by atoms with Gasteiger partial charge in [0.2, 0.25) is 0 Å². The maximum Gasteiger partial charge on any atom is 0.393 e. The van der Waals surface area contributed by atoms with Crippen molar-refractivity contribution in [2.24, 2.45) is 0 Å². The second kappa shape index (κ2) is 11.6. The molecule has 2 aromatic carbocycles. The minimum atomic E-state index is -4.54. The van der Waals surface area contributed by atoms with Gasteiger partial charge in [-0.3, -0.25) is 0 Å². The summed E-state index contributed by atoms with van der Waals surface area (Å²) in [5, 5.41) is 3.39. The van der Waals surface area contributed by atoms with Crippen LogP contribution < -0.4 is 5.32 Å². The number of carbonyl (C=O) groups excluding carboxylic acids is 1. The molecule has 36 heavy (non-hydrogen) atoms. The number of halogens is 5. The third-order valence-corrected chi connectivity index (χ3v) is 7.06. The van der Waals surface area contributed by atoms with Gasteiger partial charge in [-0.1, -0.05) is 29.8 Å². The summed E-state index contributed by atoms with van der Waals surface area (Å²) in [7, 11) is 0. The number of hydrogen-bond donors (Lipinski definition) is 1. The summed E-state index contributed by atoms with van der Waals surface area (Å²) in [6.07, 6.45) is 0.686. The molecule has 0 bridgehead atoms. The fourth-order valence-corrected chi connectivity index (χ4v) is 5.15. The average molecular weight is 524 g/mol. The lowest BCUT2D eigenvalue weighted by Crippen LogP contribution is -2.47. The zero-order valence-electron chi connectivity index (χ0n) is 20.0. The molecule has 1 saturated heterocycles. The Bertz CT molecular complexity index is 1100. The van der Waals surface area contributed by atoms with Crippen LogP contribution in [0.2, 0.25) is 5.02 Å². The number of benzene rings is 2. The molecule has 1 fully saturated rings. The van der Waals surface area contributed by atoms with Crippen LogP contribution in [0.25, 0.3) is 5.57 Å². The Morgan fingerprint density at radius 3 is 2.58 bits per heavy atom. The van der Waals surface area contributed by atoms with Crippen LogP contribution in [-0.4, -0.2) is 54.2 Å². The van der Waals surface area contributed by atoms with E-state index in [0.29, 0.717) is 18.0 Å². The van der Waals surface area contributed by atoms with Gasteiger partial charge in [0.1, 0.15) is 5.82 Å². The highest BCUT2D eigenvalue weighted by Crippen LogP contribution is 2.31. The molecule has 194 valence electrons. The molecule has 2 amide bonds. The zero-order valence-corrected chi connectivity index (χ0v) is 20.7. The van der Waals surface area contributed by atoms with E-state index < -0.39 is 24.0 Å². The molecule has 1 unspecified atom stereocenters. The second-order valence-electron chi connectivity index (χ2n) is 9.44. The Kier molecular flexibility index (Phi) is 8.57. The first-order valence-corrected chi connectivity index (χ1v) is 12.7. The molecule has 0 radical (unpaired) electrons. The van der Waals surface area contributed by atoms with E-state index in [1.807, 2.05) is 24.3 Å². The third kappa shape index (κ3) is 7.23. The van der Waals surface area contributed by atoms with Crippen molar-refractivity contribution < 1.29 is 22.4 Å². The highest BCUT2D eigenvalue weighted by atomic mass is 35.5. The van der Waals surface area contributed by atoms with Crippen LogP contribution in [-0.2, 0) is 6.42 Å². The van der Waals surface area contributed by atoms with Gasteiger partial charge in [-0.2, -0.15) is 13.2 Å². The van der Waals surface area contributed by atoms with Gasteiger partial charge in [0.05, 0.1) is 6.42 Å². The predicted molar refractivity (Wildman–Crippen MR) is 135 cm³/mol. The van der Waals surface area contributed by atoms with E-state index in [1.165, 1.54) is 11.6 Å². The average Bonchev–Trinajstić information content (AvgIpc) is 3.35. The second-order valence-corrected chi connectivity index (χ2v) is 9.87. The number of rotatable bonds is 7. The van der Waals surface area contributed by atoms with Gasteiger partial charge in [0, 0.05) is 29.8 Å². The van der Waals surface area contributed by atoms with Gasteiger partial charge < -0.3 is 15.1 Å². The fourth-order valence-electron chi connectivity index (χ4n) is 4.96. The molecule has 4 rings (SSSR count). The van der Waals surface area contributed by atoms with Gasteiger partial charge in [0.15, 0.2) is 0 Å². The van der Waals surface area contributed by atoms with E-state index in [0.717, 1.165) is 63.0 Å². The summed E-state index contributed by atoms with van der Waals surface area (Å²) in [5.74, 6) is -0.942. The molecule has 4 nitrogen and oxygen atoms in total. The van der Waals surface area contributed by atoms with E-state index >= 15 is 0 Å². The zero-order chi connectivity index (χ0) is 25.7. The normalized spacial score (nSPS) is 18.7. The molecule has 0 aromatic heterocycles. The minimum Gasteiger partial charge on any atom is -0.320 e.